The Kier molecular flexibility index (Phi) is 4.09. The lowest BCUT2D eigenvalue weighted by Crippen LogP contribution is -2.23. The van der Waals surface area contributed by atoms with E-state index in [4.69, 9.17) is 4.74 Å². The minimum Gasteiger partial charge on any atom is -0.489 e. The molecule has 0 spiro atoms. The van der Waals surface area contributed by atoms with Crippen LogP contribution in [0, 0.1) is 5.41 Å². The number of aromatic nitrogens is 1. The maximum Gasteiger partial charge on any atom is 0.137 e. The molecule has 0 fully saturated rings. The van der Waals surface area contributed by atoms with E-state index < -0.39 is 6.10 Å². The molecule has 1 N–H and O–H groups in total. The van der Waals surface area contributed by atoms with E-state index in [0.29, 0.717) is 12.4 Å². The third-order valence-electron chi connectivity index (χ3n) is 1.92. The summed E-state index contributed by atoms with van der Waals surface area (Å²) in [6.07, 6.45) is 3.64. The van der Waals surface area contributed by atoms with Gasteiger partial charge in [-0.15, -0.1) is 0 Å². The third kappa shape index (κ3) is 5.37. The van der Waals surface area contributed by atoms with Gasteiger partial charge >= 0.3 is 0 Å². The van der Waals surface area contributed by atoms with Crippen LogP contribution in [0.15, 0.2) is 24.5 Å². The molecule has 1 aromatic heterocycles. The van der Waals surface area contributed by atoms with Crippen molar-refractivity contribution in [3.8, 4) is 5.75 Å². The van der Waals surface area contributed by atoms with Crippen molar-refractivity contribution in [1.29, 1.82) is 0 Å². The molecule has 0 aromatic carbocycles. The van der Waals surface area contributed by atoms with Crippen molar-refractivity contribution in [2.24, 2.45) is 5.41 Å². The van der Waals surface area contributed by atoms with Crippen LogP contribution in [-0.4, -0.2) is 22.8 Å². The van der Waals surface area contributed by atoms with Crippen molar-refractivity contribution < 1.29 is 9.84 Å². The van der Waals surface area contributed by atoms with E-state index in [1.165, 1.54) is 0 Å². The van der Waals surface area contributed by atoms with E-state index in [1.54, 1.807) is 12.4 Å². The van der Waals surface area contributed by atoms with Gasteiger partial charge in [-0.05, 0) is 24.0 Å². The number of rotatable bonds is 4. The molecule has 0 amide bonds. The summed E-state index contributed by atoms with van der Waals surface area (Å²) in [4.78, 5) is 3.93. The predicted octanol–water partition coefficient (Wildman–Crippen LogP) is 2.26. The second-order valence-corrected chi connectivity index (χ2v) is 4.92. The second kappa shape index (κ2) is 5.12. The van der Waals surface area contributed by atoms with E-state index in [2.05, 4.69) is 25.8 Å². The molecule has 0 aliphatic carbocycles. The number of nitrogens with zero attached hydrogens (tertiary/aromatic N) is 1. The van der Waals surface area contributed by atoms with Crippen LogP contribution in [0.2, 0.25) is 0 Å². The number of ether oxygens (including phenoxy) is 1. The normalized spacial score (nSPS) is 13.6. The van der Waals surface area contributed by atoms with Gasteiger partial charge in [0.1, 0.15) is 12.4 Å². The molecule has 84 valence electrons. The number of aliphatic hydroxyl groups is 1. The summed E-state index contributed by atoms with van der Waals surface area (Å²) in [5, 5.41) is 9.70. The van der Waals surface area contributed by atoms with Crippen LogP contribution in [0.4, 0.5) is 0 Å². The highest BCUT2D eigenvalue weighted by molar-refractivity contribution is 5.15. The molecule has 1 atom stereocenters. The van der Waals surface area contributed by atoms with Crippen LogP contribution in [0.25, 0.3) is 0 Å². The number of hydrogen-bond donors (Lipinski definition) is 1. The average Bonchev–Trinajstić information content (AvgIpc) is 2.14. The minimum atomic E-state index is -0.426. The minimum absolute atomic E-state index is 0.123. The van der Waals surface area contributed by atoms with Crippen LogP contribution < -0.4 is 4.74 Å². The van der Waals surface area contributed by atoms with Gasteiger partial charge in [0, 0.05) is 6.20 Å². The van der Waals surface area contributed by atoms with E-state index >= 15 is 0 Å². The molecule has 0 bridgehead atoms. The predicted molar refractivity (Wildman–Crippen MR) is 59.8 cm³/mol. The Hall–Kier alpha value is -1.09. The molecule has 15 heavy (non-hydrogen) atoms. The van der Waals surface area contributed by atoms with Crippen LogP contribution in [-0.2, 0) is 0 Å². The molecule has 3 nitrogen and oxygen atoms in total. The molecule has 1 heterocycles. The van der Waals surface area contributed by atoms with Gasteiger partial charge in [0.05, 0.1) is 12.3 Å². The van der Waals surface area contributed by atoms with Crippen molar-refractivity contribution >= 4 is 0 Å². The first kappa shape index (κ1) is 12.0. The standard InChI is InChI=1S/C12H19NO2/c1-12(2,3)7-10(14)9-15-11-5-4-6-13-8-11/h4-6,8,10,14H,7,9H2,1-3H3. The molecule has 0 aliphatic rings. The van der Waals surface area contributed by atoms with Crippen molar-refractivity contribution in [3.05, 3.63) is 24.5 Å². The fourth-order valence-electron chi connectivity index (χ4n) is 1.39. The summed E-state index contributed by atoms with van der Waals surface area (Å²) in [5.41, 5.74) is 0.123. The molecule has 0 radical (unpaired) electrons. The highest BCUT2D eigenvalue weighted by atomic mass is 16.5. The summed E-state index contributed by atoms with van der Waals surface area (Å²) in [6.45, 7) is 6.61. The lowest BCUT2D eigenvalue weighted by Gasteiger charge is -2.22. The lowest BCUT2D eigenvalue weighted by atomic mass is 9.89. The zero-order valence-corrected chi connectivity index (χ0v) is 9.60. The Bertz CT molecular complexity index is 279. The van der Waals surface area contributed by atoms with Gasteiger partial charge in [-0.1, -0.05) is 20.8 Å². The Balaban J connectivity index is 2.32. The summed E-state index contributed by atoms with van der Waals surface area (Å²) in [6, 6.07) is 3.64. The summed E-state index contributed by atoms with van der Waals surface area (Å²) < 4.78 is 5.40. The smallest absolute Gasteiger partial charge is 0.137 e. The maximum atomic E-state index is 9.70. The second-order valence-electron chi connectivity index (χ2n) is 4.92. The van der Waals surface area contributed by atoms with Crippen LogP contribution in [0.1, 0.15) is 27.2 Å². The van der Waals surface area contributed by atoms with Gasteiger partial charge in [-0.2, -0.15) is 0 Å². The van der Waals surface area contributed by atoms with Crippen LogP contribution in [0.5, 0.6) is 5.75 Å². The highest BCUT2D eigenvalue weighted by Crippen LogP contribution is 2.21. The van der Waals surface area contributed by atoms with Crippen molar-refractivity contribution in [1.82, 2.24) is 4.98 Å². The van der Waals surface area contributed by atoms with Gasteiger partial charge < -0.3 is 9.84 Å². The van der Waals surface area contributed by atoms with Gasteiger partial charge in [0.25, 0.3) is 0 Å². The Morgan fingerprint density at radius 3 is 2.73 bits per heavy atom. The van der Waals surface area contributed by atoms with Crippen molar-refractivity contribution in [3.63, 3.8) is 0 Å². The summed E-state index contributed by atoms with van der Waals surface area (Å²) in [7, 11) is 0. The fraction of sp³-hybridized carbons (Fsp3) is 0.583. The number of hydrogen-bond acceptors (Lipinski definition) is 3. The van der Waals surface area contributed by atoms with Crippen molar-refractivity contribution in [2.75, 3.05) is 6.61 Å². The summed E-state index contributed by atoms with van der Waals surface area (Å²) in [5.74, 6) is 0.699. The molecule has 0 saturated carbocycles. The van der Waals surface area contributed by atoms with E-state index in [1.807, 2.05) is 12.1 Å². The van der Waals surface area contributed by atoms with E-state index in [0.717, 1.165) is 6.42 Å². The first-order valence-electron chi connectivity index (χ1n) is 5.18. The molecular formula is C12H19NO2. The quantitative estimate of drug-likeness (QED) is 0.827. The Morgan fingerprint density at radius 1 is 1.47 bits per heavy atom. The number of pyridine rings is 1. The SMILES string of the molecule is CC(C)(C)CC(O)COc1cccnc1. The monoisotopic (exact) mass is 209 g/mol. The largest absolute Gasteiger partial charge is 0.489 e. The molecule has 0 saturated heterocycles. The average molecular weight is 209 g/mol. The lowest BCUT2D eigenvalue weighted by molar-refractivity contribution is 0.0709. The number of aliphatic hydroxyl groups excluding tert-OH is 1. The Morgan fingerprint density at radius 2 is 2.20 bits per heavy atom. The van der Waals surface area contributed by atoms with Gasteiger partial charge in [-0.25, -0.2) is 0 Å². The van der Waals surface area contributed by atoms with Crippen molar-refractivity contribution in [2.45, 2.75) is 33.3 Å². The zero-order valence-electron chi connectivity index (χ0n) is 9.60. The zero-order chi connectivity index (χ0) is 11.3. The molecule has 1 rings (SSSR count). The third-order valence-corrected chi connectivity index (χ3v) is 1.92. The molecular weight excluding hydrogens is 190 g/mol. The van der Waals surface area contributed by atoms with Gasteiger partial charge in [-0.3, -0.25) is 4.98 Å². The highest BCUT2D eigenvalue weighted by Gasteiger charge is 2.16. The first-order chi connectivity index (χ1) is 6.97. The topological polar surface area (TPSA) is 42.4 Å². The fourth-order valence-corrected chi connectivity index (χ4v) is 1.39. The molecule has 3 heteroatoms. The van der Waals surface area contributed by atoms with Crippen LogP contribution >= 0.6 is 0 Å². The Labute approximate surface area is 91.1 Å². The maximum absolute atomic E-state index is 9.70. The van der Waals surface area contributed by atoms with Gasteiger partial charge in [0.2, 0.25) is 0 Å². The van der Waals surface area contributed by atoms with Crippen LogP contribution in [0.3, 0.4) is 0 Å². The first-order valence-corrected chi connectivity index (χ1v) is 5.18. The summed E-state index contributed by atoms with van der Waals surface area (Å²) >= 11 is 0. The van der Waals surface area contributed by atoms with E-state index in [-0.39, 0.29) is 5.41 Å². The molecule has 1 unspecified atom stereocenters. The van der Waals surface area contributed by atoms with Gasteiger partial charge in [0.15, 0.2) is 0 Å². The molecule has 0 aliphatic heterocycles. The molecule has 1 aromatic rings. The van der Waals surface area contributed by atoms with E-state index in [9.17, 15) is 5.11 Å².